The summed E-state index contributed by atoms with van der Waals surface area (Å²) in [7, 11) is 0. The molecule has 0 radical (unpaired) electrons. The van der Waals surface area contributed by atoms with Gasteiger partial charge in [-0.2, -0.15) is 0 Å². The summed E-state index contributed by atoms with van der Waals surface area (Å²) in [5.41, 5.74) is 0.526. The van der Waals surface area contributed by atoms with Crippen molar-refractivity contribution in [1.29, 1.82) is 0 Å². The number of nitrogens with zero attached hydrogens (tertiary/aromatic N) is 2. The van der Waals surface area contributed by atoms with E-state index in [1.165, 1.54) is 0 Å². The van der Waals surface area contributed by atoms with Gasteiger partial charge in [0.15, 0.2) is 12.4 Å². The lowest BCUT2D eigenvalue weighted by Crippen LogP contribution is -2.20. The maximum absolute atomic E-state index is 11.5. The molecular formula is C11H11N3O3. The van der Waals surface area contributed by atoms with E-state index in [9.17, 15) is 4.79 Å². The molecule has 0 saturated carbocycles. The number of carbonyl (C=O) groups excluding carboxylic acids is 1. The highest BCUT2D eigenvalue weighted by Gasteiger charge is 2.09. The highest BCUT2D eigenvalue weighted by atomic mass is 16.6. The molecule has 0 saturated heterocycles. The summed E-state index contributed by atoms with van der Waals surface area (Å²) in [6.07, 6.45) is 0. The van der Waals surface area contributed by atoms with Crippen molar-refractivity contribution in [2.24, 2.45) is 0 Å². The molecule has 0 atom stereocenters. The first kappa shape index (κ1) is 11.1. The number of aryl methyl sites for hydroxylation is 1. The molecule has 1 amide bonds. The van der Waals surface area contributed by atoms with Gasteiger partial charge in [0.1, 0.15) is 11.4 Å². The van der Waals surface area contributed by atoms with Gasteiger partial charge in [0.2, 0.25) is 0 Å². The van der Waals surface area contributed by atoms with Crippen molar-refractivity contribution in [3.63, 3.8) is 0 Å². The second-order valence-electron chi connectivity index (χ2n) is 3.35. The number of anilines is 1. The van der Waals surface area contributed by atoms with Gasteiger partial charge in [-0.3, -0.25) is 4.79 Å². The fourth-order valence-electron chi connectivity index (χ4n) is 1.18. The lowest BCUT2D eigenvalue weighted by atomic mass is 10.3. The van der Waals surface area contributed by atoms with Crippen LogP contribution < -0.4 is 10.1 Å². The zero-order valence-corrected chi connectivity index (χ0v) is 9.21. The van der Waals surface area contributed by atoms with Gasteiger partial charge >= 0.3 is 0 Å². The van der Waals surface area contributed by atoms with E-state index in [0.717, 1.165) is 0 Å². The Kier molecular flexibility index (Phi) is 3.34. The molecule has 0 spiro atoms. The third-order valence-electron chi connectivity index (χ3n) is 2.02. The van der Waals surface area contributed by atoms with Crippen molar-refractivity contribution in [3.05, 3.63) is 36.0 Å². The molecule has 1 aromatic carbocycles. The number of nitrogens with one attached hydrogen (secondary N) is 1. The third kappa shape index (κ3) is 3.04. The second kappa shape index (κ2) is 5.11. The van der Waals surface area contributed by atoms with Gasteiger partial charge in [0, 0.05) is 0 Å². The summed E-state index contributed by atoms with van der Waals surface area (Å²) >= 11 is 0. The number of para-hydroxylation sites is 1. The molecule has 0 bridgehead atoms. The van der Waals surface area contributed by atoms with Gasteiger partial charge in [-0.25, -0.2) is 4.63 Å². The second-order valence-corrected chi connectivity index (χ2v) is 3.35. The number of hydrogen-bond donors (Lipinski definition) is 1. The number of benzene rings is 1. The van der Waals surface area contributed by atoms with Crippen LogP contribution in [0.3, 0.4) is 0 Å². The SMILES string of the molecule is Cc1nonc1NC(=O)COc1ccccc1. The van der Waals surface area contributed by atoms with E-state index in [0.29, 0.717) is 17.3 Å². The minimum Gasteiger partial charge on any atom is -0.484 e. The molecule has 2 aromatic rings. The first-order valence-electron chi connectivity index (χ1n) is 5.02. The Morgan fingerprint density at radius 3 is 2.76 bits per heavy atom. The van der Waals surface area contributed by atoms with E-state index in [-0.39, 0.29) is 12.5 Å². The molecule has 2 rings (SSSR count). The number of aromatic nitrogens is 2. The number of hydrogen-bond acceptors (Lipinski definition) is 5. The predicted molar refractivity (Wildman–Crippen MR) is 59.6 cm³/mol. The summed E-state index contributed by atoms with van der Waals surface area (Å²) < 4.78 is 9.72. The summed E-state index contributed by atoms with van der Waals surface area (Å²) in [5.74, 6) is 0.636. The smallest absolute Gasteiger partial charge is 0.263 e. The minimum atomic E-state index is -0.312. The normalized spacial score (nSPS) is 9.94. The Morgan fingerprint density at radius 1 is 1.35 bits per heavy atom. The van der Waals surface area contributed by atoms with Crippen LogP contribution in [0.2, 0.25) is 0 Å². The van der Waals surface area contributed by atoms with Crippen LogP contribution in [-0.2, 0) is 4.79 Å². The largest absolute Gasteiger partial charge is 0.484 e. The zero-order chi connectivity index (χ0) is 12.1. The zero-order valence-electron chi connectivity index (χ0n) is 9.21. The molecule has 6 heteroatoms. The van der Waals surface area contributed by atoms with Crippen LogP contribution in [0.4, 0.5) is 5.82 Å². The quantitative estimate of drug-likeness (QED) is 0.863. The van der Waals surface area contributed by atoms with Crippen LogP contribution >= 0.6 is 0 Å². The fourth-order valence-corrected chi connectivity index (χ4v) is 1.18. The Balaban J connectivity index is 1.85. The van der Waals surface area contributed by atoms with E-state index >= 15 is 0 Å². The molecule has 88 valence electrons. The Morgan fingerprint density at radius 2 is 2.12 bits per heavy atom. The van der Waals surface area contributed by atoms with Crippen LogP contribution in [0.25, 0.3) is 0 Å². The van der Waals surface area contributed by atoms with E-state index in [4.69, 9.17) is 4.74 Å². The van der Waals surface area contributed by atoms with Gasteiger partial charge in [-0.15, -0.1) is 0 Å². The molecule has 0 aliphatic carbocycles. The maximum Gasteiger partial charge on any atom is 0.263 e. The van der Waals surface area contributed by atoms with E-state index in [2.05, 4.69) is 20.3 Å². The van der Waals surface area contributed by atoms with Crippen molar-refractivity contribution in [2.45, 2.75) is 6.92 Å². The lowest BCUT2D eigenvalue weighted by Gasteiger charge is -2.05. The fraction of sp³-hybridized carbons (Fsp3) is 0.182. The van der Waals surface area contributed by atoms with Crippen molar-refractivity contribution >= 4 is 11.7 Å². The van der Waals surface area contributed by atoms with Crippen molar-refractivity contribution in [1.82, 2.24) is 10.3 Å². The number of carbonyl (C=O) groups is 1. The molecular weight excluding hydrogens is 222 g/mol. The summed E-state index contributed by atoms with van der Waals surface area (Å²) in [5, 5.41) is 9.61. The van der Waals surface area contributed by atoms with Gasteiger partial charge in [-0.05, 0) is 24.2 Å². The van der Waals surface area contributed by atoms with E-state index in [1.807, 2.05) is 18.2 Å². The van der Waals surface area contributed by atoms with Gasteiger partial charge in [-0.1, -0.05) is 23.4 Å². The maximum atomic E-state index is 11.5. The first-order chi connectivity index (χ1) is 8.25. The van der Waals surface area contributed by atoms with Crippen molar-refractivity contribution in [2.75, 3.05) is 11.9 Å². The standard InChI is InChI=1S/C11H11N3O3/c1-8-11(14-17-13-8)12-10(15)7-16-9-5-3-2-4-6-9/h2-6H,7H2,1H3,(H,12,14,15). The Labute approximate surface area is 97.5 Å². The van der Waals surface area contributed by atoms with Gasteiger partial charge in [0.05, 0.1) is 0 Å². The van der Waals surface area contributed by atoms with E-state index < -0.39 is 0 Å². The summed E-state index contributed by atoms with van der Waals surface area (Å²) in [4.78, 5) is 11.5. The Bertz CT molecular complexity index is 496. The molecule has 17 heavy (non-hydrogen) atoms. The highest BCUT2D eigenvalue weighted by Crippen LogP contribution is 2.09. The van der Waals surface area contributed by atoms with Crippen molar-refractivity contribution < 1.29 is 14.2 Å². The lowest BCUT2D eigenvalue weighted by molar-refractivity contribution is -0.118. The average molecular weight is 233 g/mol. The van der Waals surface area contributed by atoms with Crippen LogP contribution in [0.1, 0.15) is 5.69 Å². The number of rotatable bonds is 4. The monoisotopic (exact) mass is 233 g/mol. The summed E-state index contributed by atoms with van der Waals surface area (Å²) in [6, 6.07) is 9.08. The molecule has 0 aliphatic rings. The highest BCUT2D eigenvalue weighted by molar-refractivity contribution is 5.91. The van der Waals surface area contributed by atoms with Gasteiger partial charge < -0.3 is 10.1 Å². The average Bonchev–Trinajstić information content (AvgIpc) is 2.74. The van der Waals surface area contributed by atoms with Crippen molar-refractivity contribution in [3.8, 4) is 5.75 Å². The molecule has 0 fully saturated rings. The van der Waals surface area contributed by atoms with Crippen LogP contribution in [0, 0.1) is 6.92 Å². The predicted octanol–water partition coefficient (Wildman–Crippen LogP) is 1.40. The Hall–Kier alpha value is -2.37. The summed E-state index contributed by atoms with van der Waals surface area (Å²) in [6.45, 7) is 1.60. The minimum absolute atomic E-state index is 0.0870. The molecule has 6 nitrogen and oxygen atoms in total. The first-order valence-corrected chi connectivity index (χ1v) is 5.02. The number of amides is 1. The molecule has 0 unspecified atom stereocenters. The molecule has 1 heterocycles. The molecule has 1 aromatic heterocycles. The van der Waals surface area contributed by atoms with Crippen LogP contribution in [0.15, 0.2) is 35.0 Å². The third-order valence-corrected chi connectivity index (χ3v) is 2.02. The number of ether oxygens (including phenoxy) is 1. The van der Waals surface area contributed by atoms with Crippen LogP contribution in [0.5, 0.6) is 5.75 Å². The molecule has 1 N–H and O–H groups in total. The topological polar surface area (TPSA) is 77.3 Å². The van der Waals surface area contributed by atoms with E-state index in [1.54, 1.807) is 19.1 Å². The molecule has 0 aliphatic heterocycles. The van der Waals surface area contributed by atoms with Gasteiger partial charge in [0.25, 0.3) is 5.91 Å². The van der Waals surface area contributed by atoms with Crippen LogP contribution in [-0.4, -0.2) is 22.8 Å².